The molecule has 1 fully saturated rings. The molecule has 0 bridgehead atoms. The number of nitrogens with zero attached hydrogens (tertiary/aromatic N) is 1. The average Bonchev–Trinajstić information content (AvgIpc) is 3.01. The Kier molecular flexibility index (Phi) is 5.42. The minimum absolute atomic E-state index is 0.00288. The van der Waals surface area contributed by atoms with E-state index in [1.165, 1.54) is 17.0 Å². The first-order chi connectivity index (χ1) is 12.5. The topological polar surface area (TPSA) is 58.6 Å². The lowest BCUT2D eigenvalue weighted by atomic mass is 10.1. The second-order valence-corrected chi connectivity index (χ2v) is 6.30. The minimum atomic E-state index is -0.689. The number of carbonyl (C=O) groups is 2. The number of rotatable bonds is 5. The molecule has 26 heavy (non-hydrogen) atoms. The summed E-state index contributed by atoms with van der Waals surface area (Å²) in [6.07, 6.45) is 0.0501. The lowest BCUT2D eigenvalue weighted by molar-refractivity contribution is -0.122. The van der Waals surface area contributed by atoms with Crippen molar-refractivity contribution in [3.8, 4) is 5.75 Å². The van der Waals surface area contributed by atoms with Gasteiger partial charge in [0.05, 0.1) is 28.9 Å². The summed E-state index contributed by atoms with van der Waals surface area (Å²) in [5.41, 5.74) is 0.631. The van der Waals surface area contributed by atoms with Crippen molar-refractivity contribution in [2.24, 2.45) is 5.92 Å². The Labute approximate surface area is 155 Å². The van der Waals surface area contributed by atoms with Crippen LogP contribution in [0.25, 0.3) is 0 Å². The third-order valence-corrected chi connectivity index (χ3v) is 4.45. The highest BCUT2D eigenvalue weighted by Gasteiger charge is 2.36. The molecule has 3 rings (SSSR count). The Hall–Kier alpha value is -2.60. The van der Waals surface area contributed by atoms with E-state index < -0.39 is 17.6 Å². The fourth-order valence-electron chi connectivity index (χ4n) is 2.91. The molecular formula is C19H18ClFN2O3. The van der Waals surface area contributed by atoms with Gasteiger partial charge in [-0.15, -0.1) is 0 Å². The number of anilines is 2. The number of halogens is 2. The maximum atomic E-state index is 14.0. The van der Waals surface area contributed by atoms with E-state index in [9.17, 15) is 14.0 Å². The molecule has 1 saturated heterocycles. The van der Waals surface area contributed by atoms with Crippen molar-refractivity contribution in [2.45, 2.75) is 13.3 Å². The second-order valence-electron chi connectivity index (χ2n) is 5.90. The summed E-state index contributed by atoms with van der Waals surface area (Å²) in [6.45, 7) is 2.53. The summed E-state index contributed by atoms with van der Waals surface area (Å²) >= 11 is 5.73. The van der Waals surface area contributed by atoms with Crippen molar-refractivity contribution in [3.05, 3.63) is 53.3 Å². The standard InChI is InChI=1S/C19H18ClFN2O3/c1-2-26-16-9-4-3-8-15(16)23-11-12(10-17(23)24)19(25)22-14-7-5-6-13(20)18(14)21/h3-9,12H,2,10-11H2,1H3,(H,22,25). The van der Waals surface area contributed by atoms with E-state index in [0.29, 0.717) is 18.0 Å². The molecule has 2 aromatic rings. The molecule has 7 heteroatoms. The Morgan fingerprint density at radius 1 is 1.31 bits per heavy atom. The SMILES string of the molecule is CCOc1ccccc1N1CC(C(=O)Nc2cccc(Cl)c2F)CC1=O. The van der Waals surface area contributed by atoms with Crippen LogP contribution in [0.1, 0.15) is 13.3 Å². The van der Waals surface area contributed by atoms with Gasteiger partial charge in [0.2, 0.25) is 11.8 Å². The first-order valence-electron chi connectivity index (χ1n) is 8.28. The van der Waals surface area contributed by atoms with E-state index >= 15 is 0 Å². The quantitative estimate of drug-likeness (QED) is 0.861. The predicted molar refractivity (Wildman–Crippen MR) is 98.1 cm³/mol. The highest BCUT2D eigenvalue weighted by Crippen LogP contribution is 2.33. The lowest BCUT2D eigenvalue weighted by Crippen LogP contribution is -2.28. The van der Waals surface area contributed by atoms with E-state index in [1.54, 1.807) is 24.3 Å². The zero-order valence-corrected chi connectivity index (χ0v) is 14.9. The molecule has 1 unspecified atom stereocenters. The summed E-state index contributed by atoms with van der Waals surface area (Å²) in [6, 6.07) is 11.6. The largest absolute Gasteiger partial charge is 0.492 e. The van der Waals surface area contributed by atoms with Crippen molar-refractivity contribution < 1.29 is 18.7 Å². The summed E-state index contributed by atoms with van der Waals surface area (Å²) in [5.74, 6) is -1.29. The fraction of sp³-hybridized carbons (Fsp3) is 0.263. The van der Waals surface area contributed by atoms with Gasteiger partial charge in [0.25, 0.3) is 0 Å². The van der Waals surface area contributed by atoms with Gasteiger partial charge in [-0.05, 0) is 31.2 Å². The van der Waals surface area contributed by atoms with Gasteiger partial charge in [-0.3, -0.25) is 9.59 Å². The van der Waals surface area contributed by atoms with Gasteiger partial charge < -0.3 is 15.0 Å². The van der Waals surface area contributed by atoms with Crippen molar-refractivity contribution >= 4 is 34.8 Å². The van der Waals surface area contributed by atoms with Crippen LogP contribution in [0.5, 0.6) is 5.75 Å². The van der Waals surface area contributed by atoms with Crippen molar-refractivity contribution in [1.82, 2.24) is 0 Å². The zero-order chi connectivity index (χ0) is 18.7. The number of nitrogens with one attached hydrogen (secondary N) is 1. The number of hydrogen-bond acceptors (Lipinski definition) is 3. The van der Waals surface area contributed by atoms with Crippen LogP contribution >= 0.6 is 11.6 Å². The van der Waals surface area contributed by atoms with E-state index in [2.05, 4.69) is 5.32 Å². The molecule has 1 heterocycles. The summed E-state index contributed by atoms with van der Waals surface area (Å²) < 4.78 is 19.5. The molecule has 2 amide bonds. The average molecular weight is 377 g/mol. The molecule has 0 spiro atoms. The lowest BCUT2D eigenvalue weighted by Gasteiger charge is -2.20. The summed E-state index contributed by atoms with van der Waals surface area (Å²) in [7, 11) is 0. The number of para-hydroxylation sites is 2. The normalized spacial score (nSPS) is 16.7. The fourth-order valence-corrected chi connectivity index (χ4v) is 3.08. The number of amides is 2. The molecule has 1 aliphatic heterocycles. The second kappa shape index (κ2) is 7.74. The van der Waals surface area contributed by atoms with Crippen LogP contribution in [0.15, 0.2) is 42.5 Å². The van der Waals surface area contributed by atoms with Gasteiger partial charge in [0.15, 0.2) is 5.82 Å². The molecule has 0 radical (unpaired) electrons. The van der Waals surface area contributed by atoms with Crippen LogP contribution in [0.2, 0.25) is 5.02 Å². The summed E-state index contributed by atoms with van der Waals surface area (Å²) in [4.78, 5) is 26.4. The minimum Gasteiger partial charge on any atom is -0.492 e. The molecule has 2 aromatic carbocycles. The van der Waals surface area contributed by atoms with Gasteiger partial charge >= 0.3 is 0 Å². The van der Waals surface area contributed by atoms with Crippen LogP contribution in [0.4, 0.5) is 15.8 Å². The van der Waals surface area contributed by atoms with E-state index in [-0.39, 0.29) is 29.6 Å². The van der Waals surface area contributed by atoms with Crippen LogP contribution in [0, 0.1) is 11.7 Å². The molecule has 1 aliphatic rings. The van der Waals surface area contributed by atoms with Gasteiger partial charge in [0.1, 0.15) is 5.75 Å². The predicted octanol–water partition coefficient (Wildman–Crippen LogP) is 3.87. The van der Waals surface area contributed by atoms with Gasteiger partial charge in [-0.1, -0.05) is 29.8 Å². The monoisotopic (exact) mass is 376 g/mol. The van der Waals surface area contributed by atoms with Crippen LogP contribution < -0.4 is 15.0 Å². The molecule has 0 aromatic heterocycles. The summed E-state index contributed by atoms with van der Waals surface area (Å²) in [5, 5.41) is 2.45. The van der Waals surface area contributed by atoms with Crippen molar-refractivity contribution in [1.29, 1.82) is 0 Å². The van der Waals surface area contributed by atoms with Crippen molar-refractivity contribution in [2.75, 3.05) is 23.4 Å². The third-order valence-electron chi connectivity index (χ3n) is 4.16. The molecule has 0 saturated carbocycles. The molecular weight excluding hydrogens is 359 g/mol. The third kappa shape index (κ3) is 3.65. The van der Waals surface area contributed by atoms with Gasteiger partial charge in [-0.2, -0.15) is 0 Å². The Morgan fingerprint density at radius 2 is 2.08 bits per heavy atom. The highest BCUT2D eigenvalue weighted by molar-refractivity contribution is 6.31. The Bertz CT molecular complexity index is 843. The molecule has 136 valence electrons. The maximum Gasteiger partial charge on any atom is 0.229 e. The molecule has 1 atom stereocenters. The number of hydrogen-bond donors (Lipinski definition) is 1. The van der Waals surface area contributed by atoms with Crippen molar-refractivity contribution in [3.63, 3.8) is 0 Å². The van der Waals surface area contributed by atoms with Crippen LogP contribution in [0.3, 0.4) is 0 Å². The van der Waals surface area contributed by atoms with Crippen LogP contribution in [-0.4, -0.2) is 25.0 Å². The first kappa shape index (κ1) is 18.2. The Balaban J connectivity index is 1.75. The van der Waals surface area contributed by atoms with Gasteiger partial charge in [0, 0.05) is 13.0 Å². The maximum absolute atomic E-state index is 14.0. The number of ether oxygens (including phenoxy) is 1. The van der Waals surface area contributed by atoms with E-state index in [0.717, 1.165) is 0 Å². The number of benzene rings is 2. The molecule has 1 N–H and O–H groups in total. The zero-order valence-electron chi connectivity index (χ0n) is 14.2. The number of carbonyl (C=O) groups excluding carboxylic acids is 2. The Morgan fingerprint density at radius 3 is 2.85 bits per heavy atom. The van der Waals surface area contributed by atoms with E-state index in [4.69, 9.17) is 16.3 Å². The van der Waals surface area contributed by atoms with Gasteiger partial charge in [-0.25, -0.2) is 4.39 Å². The molecule has 0 aliphatic carbocycles. The first-order valence-corrected chi connectivity index (χ1v) is 8.66. The van der Waals surface area contributed by atoms with Crippen LogP contribution in [-0.2, 0) is 9.59 Å². The molecule has 5 nitrogen and oxygen atoms in total. The van der Waals surface area contributed by atoms with E-state index in [1.807, 2.05) is 13.0 Å². The smallest absolute Gasteiger partial charge is 0.229 e. The highest BCUT2D eigenvalue weighted by atomic mass is 35.5.